The van der Waals surface area contributed by atoms with Crippen LogP contribution in [0.1, 0.15) is 11.1 Å². The van der Waals surface area contributed by atoms with E-state index in [9.17, 15) is 13.9 Å². The van der Waals surface area contributed by atoms with Gasteiger partial charge in [-0.2, -0.15) is 0 Å². The van der Waals surface area contributed by atoms with Crippen LogP contribution in [0.3, 0.4) is 0 Å². The van der Waals surface area contributed by atoms with E-state index in [1.165, 1.54) is 18.5 Å². The third kappa shape index (κ3) is 4.56. The third-order valence-electron chi connectivity index (χ3n) is 5.47. The number of nitrogens with one attached hydrogen (secondary N) is 1. The van der Waals surface area contributed by atoms with Gasteiger partial charge in [-0.25, -0.2) is 18.7 Å². The van der Waals surface area contributed by atoms with Crippen LogP contribution >= 0.6 is 11.6 Å². The maximum absolute atomic E-state index is 13.9. The molecule has 0 aliphatic heterocycles. The topological polar surface area (TPSA) is 63.0 Å². The minimum atomic E-state index is -0.642. The van der Waals surface area contributed by atoms with Gasteiger partial charge in [-0.05, 0) is 71.3 Å². The Balaban J connectivity index is 1.60. The molecule has 8 heteroatoms. The molecule has 5 rings (SSSR count). The Morgan fingerprint density at radius 2 is 1.65 bits per heavy atom. The van der Waals surface area contributed by atoms with Crippen LogP contribution in [0.4, 0.5) is 14.6 Å². The average molecular weight is 477 g/mol. The summed E-state index contributed by atoms with van der Waals surface area (Å²) in [5.74, 6) is -0.524. The number of hydrogen-bond acceptors (Lipinski definition) is 4. The van der Waals surface area contributed by atoms with Crippen molar-refractivity contribution in [3.05, 3.63) is 107 Å². The largest absolute Gasteiger partial charge is 0.508 e. The molecule has 0 radical (unpaired) electrons. The molecule has 0 saturated carbocycles. The van der Waals surface area contributed by atoms with Gasteiger partial charge in [0.1, 0.15) is 35.2 Å². The van der Waals surface area contributed by atoms with Crippen molar-refractivity contribution < 1.29 is 13.9 Å². The quantitative estimate of drug-likeness (QED) is 0.298. The molecule has 0 bridgehead atoms. The summed E-state index contributed by atoms with van der Waals surface area (Å²) in [7, 11) is 0. The number of benzene rings is 3. The highest BCUT2D eigenvalue weighted by atomic mass is 35.5. The van der Waals surface area contributed by atoms with Gasteiger partial charge in [-0.3, -0.25) is 0 Å². The molecule has 0 saturated heterocycles. The molecule has 2 aromatic heterocycles. The summed E-state index contributed by atoms with van der Waals surface area (Å²) >= 11 is 6.10. The van der Waals surface area contributed by atoms with Crippen LogP contribution in [-0.2, 0) is 13.1 Å². The first-order chi connectivity index (χ1) is 16.5. The van der Waals surface area contributed by atoms with E-state index in [-0.39, 0.29) is 12.3 Å². The summed E-state index contributed by atoms with van der Waals surface area (Å²) < 4.78 is 29.6. The van der Waals surface area contributed by atoms with Gasteiger partial charge in [0.15, 0.2) is 0 Å². The fourth-order valence-corrected chi connectivity index (χ4v) is 4.17. The van der Waals surface area contributed by atoms with Gasteiger partial charge in [0.25, 0.3) is 0 Å². The number of anilines is 1. The maximum atomic E-state index is 13.9. The van der Waals surface area contributed by atoms with Crippen molar-refractivity contribution in [3.63, 3.8) is 0 Å². The number of halogens is 3. The lowest BCUT2D eigenvalue weighted by molar-refractivity contribution is 0.475. The van der Waals surface area contributed by atoms with Gasteiger partial charge >= 0.3 is 0 Å². The second-order valence-corrected chi connectivity index (χ2v) is 8.32. The molecular formula is C26H19ClF2N4O. The SMILES string of the molecule is Oc1ccc(-c2cc3c(NCc4cccc(Cl)c4)ncnc3n2Cc2cc(F)cc(F)c2)cc1. The van der Waals surface area contributed by atoms with E-state index in [0.717, 1.165) is 28.3 Å². The Labute approximate surface area is 199 Å². The van der Waals surface area contributed by atoms with Crippen molar-refractivity contribution in [2.75, 3.05) is 5.32 Å². The van der Waals surface area contributed by atoms with Crippen molar-refractivity contribution in [1.29, 1.82) is 0 Å². The fraction of sp³-hybridized carbons (Fsp3) is 0.0769. The summed E-state index contributed by atoms with van der Waals surface area (Å²) in [4.78, 5) is 8.88. The van der Waals surface area contributed by atoms with Crippen LogP contribution in [0.25, 0.3) is 22.3 Å². The van der Waals surface area contributed by atoms with E-state index in [1.54, 1.807) is 24.3 Å². The smallest absolute Gasteiger partial charge is 0.146 e. The van der Waals surface area contributed by atoms with E-state index in [1.807, 2.05) is 34.9 Å². The Hall–Kier alpha value is -3.97. The average Bonchev–Trinajstić information content (AvgIpc) is 3.16. The van der Waals surface area contributed by atoms with Crippen molar-refractivity contribution in [2.45, 2.75) is 13.1 Å². The number of nitrogens with zero attached hydrogens (tertiary/aromatic N) is 3. The monoisotopic (exact) mass is 476 g/mol. The molecule has 0 amide bonds. The minimum absolute atomic E-state index is 0.141. The predicted molar refractivity (Wildman–Crippen MR) is 129 cm³/mol. The zero-order valence-electron chi connectivity index (χ0n) is 17.8. The molecule has 0 aliphatic rings. The van der Waals surface area contributed by atoms with Crippen molar-refractivity contribution in [1.82, 2.24) is 14.5 Å². The van der Waals surface area contributed by atoms with E-state index < -0.39 is 11.6 Å². The van der Waals surface area contributed by atoms with Gasteiger partial charge in [0.2, 0.25) is 0 Å². The number of rotatable bonds is 6. The Kier molecular flexibility index (Phi) is 5.86. The Morgan fingerprint density at radius 3 is 2.38 bits per heavy atom. The highest BCUT2D eigenvalue weighted by Gasteiger charge is 2.16. The lowest BCUT2D eigenvalue weighted by Crippen LogP contribution is -2.05. The number of phenols is 1. The van der Waals surface area contributed by atoms with E-state index in [0.29, 0.717) is 28.6 Å². The highest BCUT2D eigenvalue weighted by molar-refractivity contribution is 6.30. The van der Waals surface area contributed by atoms with Gasteiger partial charge in [-0.15, -0.1) is 0 Å². The van der Waals surface area contributed by atoms with Crippen LogP contribution in [0.15, 0.2) is 79.1 Å². The van der Waals surface area contributed by atoms with E-state index >= 15 is 0 Å². The van der Waals surface area contributed by atoms with Crippen LogP contribution in [0.5, 0.6) is 5.75 Å². The predicted octanol–water partition coefficient (Wildman–Crippen LogP) is 6.40. The van der Waals surface area contributed by atoms with Crippen molar-refractivity contribution in [2.24, 2.45) is 0 Å². The molecule has 2 heterocycles. The number of aromatic hydroxyl groups is 1. The first kappa shape index (κ1) is 21.9. The first-order valence-electron chi connectivity index (χ1n) is 10.5. The molecule has 34 heavy (non-hydrogen) atoms. The molecular weight excluding hydrogens is 458 g/mol. The molecule has 0 atom stereocenters. The molecule has 0 fully saturated rings. The van der Waals surface area contributed by atoms with Gasteiger partial charge in [0, 0.05) is 24.2 Å². The lowest BCUT2D eigenvalue weighted by atomic mass is 10.1. The summed E-state index contributed by atoms with van der Waals surface area (Å²) in [5, 5.41) is 14.5. The molecule has 5 aromatic rings. The lowest BCUT2D eigenvalue weighted by Gasteiger charge is -2.12. The summed E-state index contributed by atoms with van der Waals surface area (Å²) in [6.07, 6.45) is 1.45. The highest BCUT2D eigenvalue weighted by Crippen LogP contribution is 2.32. The van der Waals surface area contributed by atoms with E-state index in [4.69, 9.17) is 11.6 Å². The van der Waals surface area contributed by atoms with Gasteiger partial charge in [-0.1, -0.05) is 23.7 Å². The van der Waals surface area contributed by atoms with E-state index in [2.05, 4.69) is 15.3 Å². The molecule has 0 spiro atoms. The molecule has 0 unspecified atom stereocenters. The van der Waals surface area contributed by atoms with Crippen molar-refractivity contribution >= 4 is 28.5 Å². The number of fused-ring (bicyclic) bond motifs is 1. The first-order valence-corrected chi connectivity index (χ1v) is 10.9. The third-order valence-corrected chi connectivity index (χ3v) is 5.70. The number of aromatic nitrogens is 3. The zero-order chi connectivity index (χ0) is 23.7. The fourth-order valence-electron chi connectivity index (χ4n) is 3.95. The molecule has 3 aromatic carbocycles. The van der Waals surface area contributed by atoms with Crippen LogP contribution in [0.2, 0.25) is 5.02 Å². The normalized spacial score (nSPS) is 11.1. The second-order valence-electron chi connectivity index (χ2n) is 7.88. The van der Waals surface area contributed by atoms with Crippen LogP contribution in [-0.4, -0.2) is 19.6 Å². The zero-order valence-corrected chi connectivity index (χ0v) is 18.6. The van der Waals surface area contributed by atoms with Gasteiger partial charge < -0.3 is 15.0 Å². The van der Waals surface area contributed by atoms with Gasteiger partial charge in [0.05, 0.1) is 11.1 Å². The maximum Gasteiger partial charge on any atom is 0.146 e. The molecule has 5 nitrogen and oxygen atoms in total. The Bertz CT molecular complexity index is 1460. The number of hydrogen-bond donors (Lipinski definition) is 2. The van der Waals surface area contributed by atoms with Crippen LogP contribution < -0.4 is 5.32 Å². The minimum Gasteiger partial charge on any atom is -0.508 e. The van der Waals surface area contributed by atoms with Crippen molar-refractivity contribution in [3.8, 4) is 17.0 Å². The molecule has 2 N–H and O–H groups in total. The molecule has 0 aliphatic carbocycles. The standard InChI is InChI=1S/C26H19ClF2N4O/c27-19-3-1-2-16(8-19)13-30-25-23-12-24(18-4-6-22(34)7-5-18)33(26(23)32-15-31-25)14-17-9-20(28)11-21(29)10-17/h1-12,15,34H,13-14H2,(H,30,31,32). The summed E-state index contributed by atoms with van der Waals surface area (Å²) in [6.45, 7) is 0.695. The second kappa shape index (κ2) is 9.11. The summed E-state index contributed by atoms with van der Waals surface area (Å²) in [6, 6.07) is 19.6. The number of phenolic OH excluding ortho intramolecular Hbond substituents is 1. The summed E-state index contributed by atoms with van der Waals surface area (Å²) in [5.41, 5.74) is 3.64. The Morgan fingerprint density at radius 1 is 0.882 bits per heavy atom. The molecule has 170 valence electrons. The van der Waals surface area contributed by atoms with Crippen LogP contribution in [0, 0.1) is 11.6 Å².